The molecule has 0 aliphatic heterocycles. The maximum Gasteiger partial charge on any atom is 0.306 e. The lowest BCUT2D eigenvalue weighted by Gasteiger charge is -2.63. The molecule has 0 saturated heterocycles. The second-order valence-corrected chi connectivity index (χ2v) is 12.7. The highest BCUT2D eigenvalue weighted by Gasteiger charge is 2.65. The molecule has 0 aromatic rings. The van der Waals surface area contributed by atoms with E-state index < -0.39 is 5.97 Å². The highest BCUT2D eigenvalue weighted by molar-refractivity contribution is 5.69. The first-order valence-corrected chi connectivity index (χ1v) is 13.3. The molecule has 0 aromatic heterocycles. The average Bonchev–Trinajstić information content (AvgIpc) is 3.08. The summed E-state index contributed by atoms with van der Waals surface area (Å²) in [5, 5.41) is 42.4. The van der Waals surface area contributed by atoms with Crippen LogP contribution in [-0.4, -0.2) is 44.7 Å². The van der Waals surface area contributed by atoms with Gasteiger partial charge in [-0.1, -0.05) is 40.5 Å². The van der Waals surface area contributed by atoms with E-state index in [9.17, 15) is 25.2 Å². The van der Waals surface area contributed by atoms with Crippen molar-refractivity contribution < 1.29 is 25.2 Å². The zero-order valence-corrected chi connectivity index (χ0v) is 20.5. The molecule has 4 fully saturated rings. The van der Waals surface area contributed by atoms with E-state index in [2.05, 4.69) is 20.8 Å². The molecule has 0 spiro atoms. The number of carboxylic acid groups (broad SMARTS) is 1. The number of hydrogen-bond donors (Lipinski definition) is 4. The van der Waals surface area contributed by atoms with Crippen molar-refractivity contribution in [2.24, 2.45) is 52.3 Å². The molecule has 5 heteroatoms. The smallest absolute Gasteiger partial charge is 0.306 e. The standard InChI is InChI=1S/C27H46O5/c1-15(6-5-7-16(2)25(31)32)19-8-9-20-24-21(14-23(30)27(19,20)4)26(3)11-10-18(28)12-17(26)13-22(24)29/h15-24,28-30H,5-14H2,1-4H3,(H,31,32)/t15-,16-,17-,18-,19-,20+,21+,22-,23+,24+,26+,27-/m1/s1. The Balaban J connectivity index is 1.51. The first kappa shape index (κ1) is 24.5. The summed E-state index contributed by atoms with van der Waals surface area (Å²) < 4.78 is 0. The molecule has 4 saturated carbocycles. The van der Waals surface area contributed by atoms with E-state index in [1.807, 2.05) is 0 Å². The number of rotatable bonds is 6. The molecule has 0 radical (unpaired) electrons. The number of aliphatic hydroxyl groups excluding tert-OH is 3. The zero-order valence-electron chi connectivity index (χ0n) is 20.5. The molecule has 4 N–H and O–H groups in total. The summed E-state index contributed by atoms with van der Waals surface area (Å²) in [5.41, 5.74) is -0.0561. The van der Waals surface area contributed by atoms with Crippen molar-refractivity contribution >= 4 is 5.97 Å². The Hall–Kier alpha value is -0.650. The summed E-state index contributed by atoms with van der Waals surface area (Å²) in [6.45, 7) is 8.74. The van der Waals surface area contributed by atoms with Crippen molar-refractivity contribution in [1.82, 2.24) is 0 Å². The number of hydrogen-bond acceptors (Lipinski definition) is 4. The molecule has 4 aliphatic carbocycles. The van der Waals surface area contributed by atoms with Crippen molar-refractivity contribution in [3.63, 3.8) is 0 Å². The predicted octanol–water partition coefficient (Wildman–Crippen LogP) is 4.47. The molecule has 0 bridgehead atoms. The quantitative estimate of drug-likeness (QED) is 0.478. The van der Waals surface area contributed by atoms with Crippen molar-refractivity contribution in [3.8, 4) is 0 Å². The van der Waals surface area contributed by atoms with E-state index in [1.54, 1.807) is 6.92 Å². The minimum absolute atomic E-state index is 0.113. The maximum absolute atomic E-state index is 11.6. The third-order valence-electron chi connectivity index (χ3n) is 11.2. The molecule has 5 nitrogen and oxygen atoms in total. The van der Waals surface area contributed by atoms with Gasteiger partial charge in [-0.3, -0.25) is 4.79 Å². The molecule has 12 atom stereocenters. The van der Waals surface area contributed by atoms with Crippen LogP contribution in [0.25, 0.3) is 0 Å². The van der Waals surface area contributed by atoms with Gasteiger partial charge in [-0.2, -0.15) is 0 Å². The van der Waals surface area contributed by atoms with Gasteiger partial charge >= 0.3 is 5.97 Å². The number of carbonyl (C=O) groups is 1. The van der Waals surface area contributed by atoms with Gasteiger partial charge in [-0.15, -0.1) is 0 Å². The lowest BCUT2D eigenvalue weighted by atomic mass is 9.43. The summed E-state index contributed by atoms with van der Waals surface area (Å²) in [5.74, 6) is 1.16. The Kier molecular flexibility index (Phi) is 6.77. The van der Waals surface area contributed by atoms with Crippen LogP contribution in [0.5, 0.6) is 0 Å². The third-order valence-corrected chi connectivity index (χ3v) is 11.2. The largest absolute Gasteiger partial charge is 0.481 e. The zero-order chi connectivity index (χ0) is 23.4. The van der Waals surface area contributed by atoms with Gasteiger partial charge in [0.05, 0.1) is 24.2 Å². The predicted molar refractivity (Wildman–Crippen MR) is 124 cm³/mol. The molecular weight excluding hydrogens is 404 g/mol. The van der Waals surface area contributed by atoms with Crippen LogP contribution in [0.15, 0.2) is 0 Å². The number of fused-ring (bicyclic) bond motifs is 5. The SMILES string of the molecule is C[C@H](CCC[C@@H](C)[C@H]1CC[C@H]2[C@@H]3[C@H](O)C[C@H]4C[C@H](O)CC[C@]4(C)[C@H]3C[C@H](O)[C@]12C)C(=O)O. The second kappa shape index (κ2) is 8.85. The van der Waals surface area contributed by atoms with E-state index in [4.69, 9.17) is 0 Å². The minimum atomic E-state index is -0.715. The van der Waals surface area contributed by atoms with Crippen molar-refractivity contribution in [2.45, 2.75) is 110 Å². The number of carboxylic acids is 1. The molecule has 0 unspecified atom stereocenters. The Bertz CT molecular complexity index is 696. The van der Waals surface area contributed by atoms with Gasteiger partial charge in [0.25, 0.3) is 0 Å². The minimum Gasteiger partial charge on any atom is -0.481 e. The van der Waals surface area contributed by atoms with Crippen LogP contribution < -0.4 is 0 Å². The summed E-state index contributed by atoms with van der Waals surface area (Å²) >= 11 is 0. The molecule has 32 heavy (non-hydrogen) atoms. The lowest BCUT2D eigenvalue weighted by Crippen LogP contribution is -2.62. The topological polar surface area (TPSA) is 98.0 Å². The van der Waals surface area contributed by atoms with Gasteiger partial charge in [0.1, 0.15) is 0 Å². The van der Waals surface area contributed by atoms with Gasteiger partial charge in [0, 0.05) is 0 Å². The van der Waals surface area contributed by atoms with Crippen molar-refractivity contribution in [3.05, 3.63) is 0 Å². The van der Waals surface area contributed by atoms with Crippen LogP contribution in [0, 0.1) is 52.3 Å². The Morgan fingerprint density at radius 1 is 0.969 bits per heavy atom. The van der Waals surface area contributed by atoms with E-state index in [0.717, 1.165) is 57.8 Å². The fourth-order valence-electron chi connectivity index (χ4n) is 9.20. The van der Waals surface area contributed by atoms with Gasteiger partial charge in [-0.25, -0.2) is 0 Å². The molecule has 0 amide bonds. The molecule has 0 aromatic carbocycles. The summed E-state index contributed by atoms with van der Waals surface area (Å²) in [6, 6.07) is 0. The van der Waals surface area contributed by atoms with E-state index in [-0.39, 0.29) is 41.0 Å². The first-order valence-electron chi connectivity index (χ1n) is 13.3. The van der Waals surface area contributed by atoms with Gasteiger partial charge in [0.15, 0.2) is 0 Å². The highest BCUT2D eigenvalue weighted by atomic mass is 16.4. The van der Waals surface area contributed by atoms with Crippen LogP contribution >= 0.6 is 0 Å². The normalized spacial score (nSPS) is 50.1. The summed E-state index contributed by atoms with van der Waals surface area (Å²) in [6.07, 6.45) is 8.11. The van der Waals surface area contributed by atoms with Gasteiger partial charge in [0.2, 0.25) is 0 Å². The summed E-state index contributed by atoms with van der Waals surface area (Å²) in [4.78, 5) is 11.2. The van der Waals surface area contributed by atoms with Gasteiger partial charge in [-0.05, 0) is 97.7 Å². The monoisotopic (exact) mass is 450 g/mol. The van der Waals surface area contributed by atoms with E-state index >= 15 is 0 Å². The van der Waals surface area contributed by atoms with Crippen LogP contribution in [0.3, 0.4) is 0 Å². The number of aliphatic hydroxyl groups is 3. The third kappa shape index (κ3) is 3.84. The Morgan fingerprint density at radius 2 is 1.69 bits per heavy atom. The van der Waals surface area contributed by atoms with E-state index in [0.29, 0.717) is 36.0 Å². The summed E-state index contributed by atoms with van der Waals surface area (Å²) in [7, 11) is 0. The van der Waals surface area contributed by atoms with E-state index in [1.165, 1.54) is 0 Å². The average molecular weight is 451 g/mol. The van der Waals surface area contributed by atoms with Crippen molar-refractivity contribution in [1.29, 1.82) is 0 Å². The Morgan fingerprint density at radius 3 is 2.38 bits per heavy atom. The van der Waals surface area contributed by atoms with Crippen LogP contribution in [0.1, 0.15) is 91.9 Å². The molecule has 4 aliphatic rings. The molecule has 4 rings (SSSR count). The fourth-order valence-corrected chi connectivity index (χ4v) is 9.20. The van der Waals surface area contributed by atoms with Crippen molar-refractivity contribution in [2.75, 3.05) is 0 Å². The maximum atomic E-state index is 11.6. The van der Waals surface area contributed by atoms with Crippen LogP contribution in [0.2, 0.25) is 0 Å². The van der Waals surface area contributed by atoms with Gasteiger partial charge < -0.3 is 20.4 Å². The first-order chi connectivity index (χ1) is 15.0. The molecule has 0 heterocycles. The highest BCUT2D eigenvalue weighted by Crippen LogP contribution is 2.68. The Labute approximate surface area is 194 Å². The number of aliphatic carboxylic acids is 1. The lowest BCUT2D eigenvalue weighted by molar-refractivity contribution is -0.207. The molecular formula is C27H46O5. The second-order valence-electron chi connectivity index (χ2n) is 12.7. The molecule has 184 valence electrons. The van der Waals surface area contributed by atoms with Crippen LogP contribution in [-0.2, 0) is 4.79 Å². The fraction of sp³-hybridized carbons (Fsp3) is 0.963. The van der Waals surface area contributed by atoms with Crippen LogP contribution in [0.4, 0.5) is 0 Å².